The summed E-state index contributed by atoms with van der Waals surface area (Å²) in [6, 6.07) is 10.6. The van der Waals surface area contributed by atoms with Crippen molar-refractivity contribution in [1.82, 2.24) is 10.3 Å². The zero-order chi connectivity index (χ0) is 15.1. The summed E-state index contributed by atoms with van der Waals surface area (Å²) in [7, 11) is 2.00. The van der Waals surface area contributed by atoms with E-state index < -0.39 is 0 Å². The van der Waals surface area contributed by atoms with E-state index in [1.165, 1.54) is 16.1 Å². The second-order valence-electron chi connectivity index (χ2n) is 5.15. The molecule has 0 amide bonds. The third-order valence-electron chi connectivity index (χ3n) is 3.46. The molecule has 0 saturated heterocycles. The standard InChI is InChI=1S/C17H25N3S/c1-4-9-15-16(12-18-3)21-17(19-15)20(5-2)13-14-10-7-6-8-11-14/h6-8,10-11,18H,4-5,9,12-13H2,1-3H3. The molecule has 0 bridgehead atoms. The predicted molar refractivity (Wildman–Crippen MR) is 92.0 cm³/mol. The minimum atomic E-state index is 0.913. The number of hydrogen-bond acceptors (Lipinski definition) is 4. The second-order valence-corrected chi connectivity index (χ2v) is 6.21. The predicted octanol–water partition coefficient (Wildman–Crippen LogP) is 3.84. The highest BCUT2D eigenvalue weighted by molar-refractivity contribution is 7.15. The largest absolute Gasteiger partial charge is 0.344 e. The molecule has 0 radical (unpaired) electrons. The highest BCUT2D eigenvalue weighted by Crippen LogP contribution is 2.28. The molecular formula is C17H25N3S. The third-order valence-corrected chi connectivity index (χ3v) is 4.62. The lowest BCUT2D eigenvalue weighted by Gasteiger charge is -2.19. The molecule has 0 atom stereocenters. The van der Waals surface area contributed by atoms with Crippen LogP contribution in [-0.4, -0.2) is 18.6 Å². The minimum absolute atomic E-state index is 0.913. The first-order valence-electron chi connectivity index (χ1n) is 7.70. The SMILES string of the molecule is CCCc1nc(N(CC)Cc2ccccc2)sc1CNC. The normalized spacial score (nSPS) is 10.8. The average molecular weight is 303 g/mol. The molecule has 114 valence electrons. The van der Waals surface area contributed by atoms with E-state index in [2.05, 4.69) is 54.4 Å². The highest BCUT2D eigenvalue weighted by Gasteiger charge is 2.14. The maximum atomic E-state index is 4.89. The van der Waals surface area contributed by atoms with Crippen molar-refractivity contribution in [1.29, 1.82) is 0 Å². The van der Waals surface area contributed by atoms with Crippen molar-refractivity contribution >= 4 is 16.5 Å². The lowest BCUT2D eigenvalue weighted by molar-refractivity contribution is 0.790. The third kappa shape index (κ3) is 4.29. The molecule has 0 fully saturated rings. The van der Waals surface area contributed by atoms with Gasteiger partial charge in [-0.1, -0.05) is 43.7 Å². The highest BCUT2D eigenvalue weighted by atomic mass is 32.1. The van der Waals surface area contributed by atoms with E-state index in [1.54, 1.807) is 0 Å². The zero-order valence-electron chi connectivity index (χ0n) is 13.2. The smallest absolute Gasteiger partial charge is 0.186 e. The van der Waals surface area contributed by atoms with Gasteiger partial charge in [-0.25, -0.2) is 4.98 Å². The van der Waals surface area contributed by atoms with Crippen LogP contribution in [0, 0.1) is 0 Å². The van der Waals surface area contributed by atoms with Crippen molar-refractivity contribution in [3.05, 3.63) is 46.5 Å². The minimum Gasteiger partial charge on any atom is -0.344 e. The summed E-state index contributed by atoms with van der Waals surface area (Å²) in [6.45, 7) is 7.23. The molecule has 0 unspecified atom stereocenters. The fourth-order valence-corrected chi connectivity index (χ4v) is 3.54. The topological polar surface area (TPSA) is 28.2 Å². The van der Waals surface area contributed by atoms with Crippen LogP contribution in [0.3, 0.4) is 0 Å². The van der Waals surface area contributed by atoms with Crippen molar-refractivity contribution < 1.29 is 0 Å². The van der Waals surface area contributed by atoms with E-state index >= 15 is 0 Å². The van der Waals surface area contributed by atoms with Crippen LogP contribution in [0.15, 0.2) is 30.3 Å². The number of aromatic nitrogens is 1. The summed E-state index contributed by atoms with van der Waals surface area (Å²) < 4.78 is 0. The summed E-state index contributed by atoms with van der Waals surface area (Å²) in [6.07, 6.45) is 2.21. The number of rotatable bonds is 8. The van der Waals surface area contributed by atoms with Crippen molar-refractivity contribution in [2.45, 2.75) is 39.8 Å². The van der Waals surface area contributed by atoms with Gasteiger partial charge in [-0.15, -0.1) is 11.3 Å². The van der Waals surface area contributed by atoms with Gasteiger partial charge in [0.1, 0.15) is 0 Å². The number of aryl methyl sites for hydroxylation is 1. The molecule has 3 nitrogen and oxygen atoms in total. The first kappa shape index (κ1) is 16.0. The Hall–Kier alpha value is -1.39. The Morgan fingerprint density at radius 3 is 2.57 bits per heavy atom. The van der Waals surface area contributed by atoms with Crippen molar-refractivity contribution in [3.8, 4) is 0 Å². The van der Waals surface area contributed by atoms with Gasteiger partial charge in [0.15, 0.2) is 5.13 Å². The Morgan fingerprint density at radius 1 is 1.19 bits per heavy atom. The van der Waals surface area contributed by atoms with E-state index in [0.717, 1.165) is 37.6 Å². The van der Waals surface area contributed by atoms with Crippen LogP contribution < -0.4 is 10.2 Å². The molecule has 2 aromatic rings. The summed E-state index contributed by atoms with van der Waals surface area (Å²) >= 11 is 1.83. The number of nitrogens with one attached hydrogen (secondary N) is 1. The molecule has 1 aromatic carbocycles. The Kier molecular flexibility index (Phi) is 6.21. The molecular weight excluding hydrogens is 278 g/mol. The maximum Gasteiger partial charge on any atom is 0.186 e. The van der Waals surface area contributed by atoms with Crippen LogP contribution >= 0.6 is 11.3 Å². The van der Waals surface area contributed by atoms with E-state index in [1.807, 2.05) is 18.4 Å². The van der Waals surface area contributed by atoms with Gasteiger partial charge >= 0.3 is 0 Å². The van der Waals surface area contributed by atoms with Crippen LogP contribution in [0.1, 0.15) is 36.4 Å². The molecule has 0 saturated carbocycles. The van der Waals surface area contributed by atoms with Gasteiger partial charge in [-0.05, 0) is 26.0 Å². The number of nitrogens with zero attached hydrogens (tertiary/aromatic N) is 2. The van der Waals surface area contributed by atoms with Gasteiger partial charge in [0.2, 0.25) is 0 Å². The van der Waals surface area contributed by atoms with Gasteiger partial charge in [-0.3, -0.25) is 0 Å². The molecule has 1 N–H and O–H groups in total. The van der Waals surface area contributed by atoms with Crippen molar-refractivity contribution in [3.63, 3.8) is 0 Å². The van der Waals surface area contributed by atoms with Crippen LogP contribution in [0.25, 0.3) is 0 Å². The first-order chi connectivity index (χ1) is 10.3. The van der Waals surface area contributed by atoms with E-state index in [0.29, 0.717) is 0 Å². The molecule has 2 rings (SSSR count). The Morgan fingerprint density at radius 2 is 1.95 bits per heavy atom. The molecule has 1 aromatic heterocycles. The molecule has 0 aliphatic rings. The number of benzene rings is 1. The monoisotopic (exact) mass is 303 g/mol. The number of anilines is 1. The van der Waals surface area contributed by atoms with Gasteiger partial charge in [0.05, 0.1) is 5.69 Å². The Labute approximate surface area is 132 Å². The fourth-order valence-electron chi connectivity index (χ4n) is 2.35. The lowest BCUT2D eigenvalue weighted by Crippen LogP contribution is -2.21. The Bertz CT molecular complexity index is 513. The summed E-state index contributed by atoms with van der Waals surface area (Å²) in [5.41, 5.74) is 2.60. The lowest BCUT2D eigenvalue weighted by atomic mass is 10.2. The molecule has 4 heteroatoms. The summed E-state index contributed by atoms with van der Waals surface area (Å²) in [4.78, 5) is 8.63. The van der Waals surface area contributed by atoms with Crippen LogP contribution in [0.5, 0.6) is 0 Å². The second kappa shape index (κ2) is 8.15. The first-order valence-corrected chi connectivity index (χ1v) is 8.52. The van der Waals surface area contributed by atoms with Gasteiger partial charge in [-0.2, -0.15) is 0 Å². The van der Waals surface area contributed by atoms with Crippen molar-refractivity contribution in [2.75, 3.05) is 18.5 Å². The molecule has 21 heavy (non-hydrogen) atoms. The van der Waals surface area contributed by atoms with Crippen LogP contribution in [0.4, 0.5) is 5.13 Å². The van der Waals surface area contributed by atoms with Crippen LogP contribution in [0.2, 0.25) is 0 Å². The molecule has 0 aliphatic heterocycles. The van der Waals surface area contributed by atoms with E-state index in [4.69, 9.17) is 4.98 Å². The molecule has 0 aliphatic carbocycles. The van der Waals surface area contributed by atoms with Gasteiger partial charge < -0.3 is 10.2 Å². The van der Waals surface area contributed by atoms with Gasteiger partial charge in [0.25, 0.3) is 0 Å². The quantitative estimate of drug-likeness (QED) is 0.803. The zero-order valence-corrected chi connectivity index (χ0v) is 14.0. The average Bonchev–Trinajstić information content (AvgIpc) is 2.89. The summed E-state index contributed by atoms with van der Waals surface area (Å²) in [5, 5.41) is 4.40. The summed E-state index contributed by atoms with van der Waals surface area (Å²) in [5.74, 6) is 0. The Balaban J connectivity index is 2.19. The van der Waals surface area contributed by atoms with E-state index in [-0.39, 0.29) is 0 Å². The van der Waals surface area contributed by atoms with Gasteiger partial charge in [0, 0.05) is 24.5 Å². The van der Waals surface area contributed by atoms with Crippen LogP contribution in [-0.2, 0) is 19.5 Å². The van der Waals surface area contributed by atoms with Crippen molar-refractivity contribution in [2.24, 2.45) is 0 Å². The maximum absolute atomic E-state index is 4.89. The molecule has 0 spiro atoms. The number of hydrogen-bond donors (Lipinski definition) is 1. The van der Waals surface area contributed by atoms with E-state index in [9.17, 15) is 0 Å². The number of thiazole rings is 1. The fraction of sp³-hybridized carbons (Fsp3) is 0.471. The molecule has 1 heterocycles.